The van der Waals surface area contributed by atoms with Crippen LogP contribution in [0.3, 0.4) is 0 Å². The van der Waals surface area contributed by atoms with Gasteiger partial charge in [0.15, 0.2) is 11.6 Å². The Hall–Kier alpha value is -2.35. The number of hydrogen-bond donors (Lipinski definition) is 2. The molecule has 2 N–H and O–H groups in total. The summed E-state index contributed by atoms with van der Waals surface area (Å²) < 4.78 is 22.9. The number of ether oxygens (including phenoxy) is 2. The Morgan fingerprint density at radius 1 is 1.38 bits per heavy atom. The SMILES string of the molecule is COCCN(CC(=O)O)C(=O)Nc1ccc(F)c(OC)c1. The van der Waals surface area contributed by atoms with Crippen molar-refractivity contribution in [2.75, 3.05) is 39.2 Å². The number of carbonyl (C=O) groups is 2. The molecule has 0 spiro atoms. The molecule has 0 unspecified atom stereocenters. The van der Waals surface area contributed by atoms with Crippen LogP contribution in [0.4, 0.5) is 14.9 Å². The first-order chi connectivity index (χ1) is 9.97. The van der Waals surface area contributed by atoms with Gasteiger partial charge >= 0.3 is 12.0 Å². The van der Waals surface area contributed by atoms with Gasteiger partial charge in [-0.25, -0.2) is 9.18 Å². The largest absolute Gasteiger partial charge is 0.494 e. The fourth-order valence-electron chi connectivity index (χ4n) is 1.56. The second-order valence-corrected chi connectivity index (χ2v) is 4.09. The van der Waals surface area contributed by atoms with Crippen molar-refractivity contribution in [3.8, 4) is 5.75 Å². The van der Waals surface area contributed by atoms with Crippen LogP contribution in [0.5, 0.6) is 5.75 Å². The fraction of sp³-hybridized carbons (Fsp3) is 0.385. The van der Waals surface area contributed by atoms with Gasteiger partial charge in [0.25, 0.3) is 0 Å². The monoisotopic (exact) mass is 300 g/mol. The number of halogens is 1. The molecule has 1 rings (SSSR count). The minimum atomic E-state index is -1.14. The number of carboxylic acids is 1. The average Bonchev–Trinajstić information content (AvgIpc) is 2.44. The van der Waals surface area contributed by atoms with E-state index in [1.165, 1.54) is 26.4 Å². The van der Waals surface area contributed by atoms with Crippen LogP contribution >= 0.6 is 0 Å². The van der Waals surface area contributed by atoms with Crippen LogP contribution in [0.2, 0.25) is 0 Å². The number of anilines is 1. The zero-order chi connectivity index (χ0) is 15.8. The van der Waals surface area contributed by atoms with E-state index in [0.717, 1.165) is 11.0 Å². The molecule has 21 heavy (non-hydrogen) atoms. The Kier molecular flexibility index (Phi) is 6.41. The predicted molar refractivity (Wildman–Crippen MR) is 73.1 cm³/mol. The highest BCUT2D eigenvalue weighted by molar-refractivity contribution is 5.91. The summed E-state index contributed by atoms with van der Waals surface area (Å²) in [5.41, 5.74) is 0.297. The van der Waals surface area contributed by atoms with E-state index in [4.69, 9.17) is 14.6 Å². The van der Waals surface area contributed by atoms with Gasteiger partial charge in [0.2, 0.25) is 0 Å². The first-order valence-corrected chi connectivity index (χ1v) is 6.08. The number of amides is 2. The average molecular weight is 300 g/mol. The molecule has 0 heterocycles. The lowest BCUT2D eigenvalue weighted by molar-refractivity contribution is -0.137. The normalized spacial score (nSPS) is 10.0. The highest BCUT2D eigenvalue weighted by Crippen LogP contribution is 2.21. The van der Waals surface area contributed by atoms with Gasteiger partial charge in [-0.3, -0.25) is 4.79 Å². The lowest BCUT2D eigenvalue weighted by Crippen LogP contribution is -2.40. The summed E-state index contributed by atoms with van der Waals surface area (Å²) in [6.07, 6.45) is 0. The van der Waals surface area contributed by atoms with Gasteiger partial charge < -0.3 is 24.8 Å². The predicted octanol–water partition coefficient (Wildman–Crippen LogP) is 1.40. The van der Waals surface area contributed by atoms with E-state index in [-0.39, 0.29) is 18.9 Å². The topological polar surface area (TPSA) is 88.1 Å². The second-order valence-electron chi connectivity index (χ2n) is 4.09. The molecule has 1 aromatic carbocycles. The lowest BCUT2D eigenvalue weighted by atomic mass is 10.3. The molecule has 0 aliphatic heterocycles. The van der Waals surface area contributed by atoms with Gasteiger partial charge in [0, 0.05) is 25.4 Å². The fourth-order valence-corrected chi connectivity index (χ4v) is 1.56. The van der Waals surface area contributed by atoms with Gasteiger partial charge in [-0.2, -0.15) is 0 Å². The maximum atomic E-state index is 13.3. The van der Waals surface area contributed by atoms with Gasteiger partial charge in [-0.15, -0.1) is 0 Å². The smallest absolute Gasteiger partial charge is 0.323 e. The third-order valence-electron chi connectivity index (χ3n) is 2.58. The number of carboxylic acid groups (broad SMARTS) is 1. The Morgan fingerprint density at radius 3 is 2.67 bits per heavy atom. The third-order valence-corrected chi connectivity index (χ3v) is 2.58. The summed E-state index contributed by atoms with van der Waals surface area (Å²) >= 11 is 0. The number of methoxy groups -OCH3 is 2. The molecule has 7 nitrogen and oxygen atoms in total. The number of aliphatic carboxylic acids is 1. The molecule has 0 atom stereocenters. The Labute approximate surface area is 121 Å². The first-order valence-electron chi connectivity index (χ1n) is 6.08. The van der Waals surface area contributed by atoms with Crippen LogP contribution in [0.15, 0.2) is 18.2 Å². The molecule has 2 amide bonds. The number of nitrogens with one attached hydrogen (secondary N) is 1. The second kappa shape index (κ2) is 8.05. The van der Waals surface area contributed by atoms with Crippen LogP contribution in [-0.2, 0) is 9.53 Å². The van der Waals surface area contributed by atoms with E-state index in [2.05, 4.69) is 5.32 Å². The van der Waals surface area contributed by atoms with Crippen molar-refractivity contribution in [3.63, 3.8) is 0 Å². The Bertz CT molecular complexity index is 509. The zero-order valence-corrected chi connectivity index (χ0v) is 11.8. The Balaban J connectivity index is 2.77. The van der Waals surface area contributed by atoms with Gasteiger partial charge in [0.1, 0.15) is 6.54 Å². The summed E-state index contributed by atoms with van der Waals surface area (Å²) in [5, 5.41) is 11.3. The van der Waals surface area contributed by atoms with Gasteiger partial charge in [-0.05, 0) is 12.1 Å². The van der Waals surface area contributed by atoms with Crippen LogP contribution in [0, 0.1) is 5.82 Å². The molecule has 116 valence electrons. The minimum Gasteiger partial charge on any atom is -0.494 e. The van der Waals surface area contributed by atoms with Crippen LogP contribution in [0.25, 0.3) is 0 Å². The molecule has 0 aliphatic carbocycles. The highest BCUT2D eigenvalue weighted by Gasteiger charge is 2.17. The van der Waals surface area contributed by atoms with Crippen LogP contribution < -0.4 is 10.1 Å². The van der Waals surface area contributed by atoms with Crippen molar-refractivity contribution in [2.24, 2.45) is 0 Å². The number of carbonyl (C=O) groups excluding carboxylic acids is 1. The minimum absolute atomic E-state index is 0.0190. The summed E-state index contributed by atoms with van der Waals surface area (Å²) in [4.78, 5) is 23.8. The molecule has 1 aromatic rings. The van der Waals surface area contributed by atoms with Gasteiger partial charge in [0.05, 0.1) is 13.7 Å². The van der Waals surface area contributed by atoms with Crippen molar-refractivity contribution < 1.29 is 28.6 Å². The molecule has 0 saturated carbocycles. The molecule has 0 aliphatic rings. The van der Waals surface area contributed by atoms with E-state index < -0.39 is 24.4 Å². The highest BCUT2D eigenvalue weighted by atomic mass is 19.1. The summed E-state index contributed by atoms with van der Waals surface area (Å²) in [7, 11) is 2.75. The summed E-state index contributed by atoms with van der Waals surface area (Å²) in [5.74, 6) is -1.72. The number of rotatable bonds is 7. The van der Waals surface area contributed by atoms with Crippen molar-refractivity contribution in [1.82, 2.24) is 4.90 Å². The quantitative estimate of drug-likeness (QED) is 0.794. The molecule has 0 bridgehead atoms. The third kappa shape index (κ3) is 5.27. The summed E-state index contributed by atoms with van der Waals surface area (Å²) in [6, 6.07) is 3.18. The standard InChI is InChI=1S/C13H17FN2O5/c1-20-6-5-16(8-12(17)18)13(19)15-9-3-4-10(14)11(7-9)21-2/h3-4,7H,5-6,8H2,1-2H3,(H,15,19)(H,17,18). The van der Waals surface area contributed by atoms with E-state index >= 15 is 0 Å². The van der Waals surface area contributed by atoms with E-state index in [1.54, 1.807) is 0 Å². The van der Waals surface area contributed by atoms with Crippen molar-refractivity contribution in [3.05, 3.63) is 24.0 Å². The van der Waals surface area contributed by atoms with Crippen molar-refractivity contribution >= 4 is 17.7 Å². The molecule has 8 heteroatoms. The Morgan fingerprint density at radius 2 is 2.10 bits per heavy atom. The maximum Gasteiger partial charge on any atom is 0.323 e. The molecule has 0 radical (unpaired) electrons. The maximum absolute atomic E-state index is 13.3. The van der Waals surface area contributed by atoms with E-state index in [1.807, 2.05) is 0 Å². The number of nitrogens with zero attached hydrogens (tertiary/aromatic N) is 1. The number of hydrogen-bond acceptors (Lipinski definition) is 4. The molecule has 0 fully saturated rings. The van der Waals surface area contributed by atoms with Crippen molar-refractivity contribution in [2.45, 2.75) is 0 Å². The summed E-state index contributed by atoms with van der Waals surface area (Å²) in [6.45, 7) is -0.145. The van der Waals surface area contributed by atoms with E-state index in [9.17, 15) is 14.0 Å². The zero-order valence-electron chi connectivity index (χ0n) is 11.8. The molecular weight excluding hydrogens is 283 g/mol. The van der Waals surface area contributed by atoms with Gasteiger partial charge in [-0.1, -0.05) is 0 Å². The van der Waals surface area contributed by atoms with Crippen LogP contribution in [-0.4, -0.2) is 55.9 Å². The van der Waals surface area contributed by atoms with Crippen LogP contribution in [0.1, 0.15) is 0 Å². The first kappa shape index (κ1) is 16.7. The number of benzene rings is 1. The molecular formula is C13H17FN2O5. The molecule has 0 aromatic heterocycles. The van der Waals surface area contributed by atoms with Crippen molar-refractivity contribution in [1.29, 1.82) is 0 Å². The number of urea groups is 1. The lowest BCUT2D eigenvalue weighted by Gasteiger charge is -2.21. The van der Waals surface area contributed by atoms with E-state index in [0.29, 0.717) is 5.69 Å². The molecule has 0 saturated heterocycles.